The van der Waals surface area contributed by atoms with E-state index in [1.165, 1.54) is 0 Å². The van der Waals surface area contributed by atoms with Crippen molar-refractivity contribution in [1.82, 2.24) is 0 Å². The summed E-state index contributed by atoms with van der Waals surface area (Å²) in [4.78, 5) is 9.25. The molecule has 0 aliphatic carbocycles. The average Bonchev–Trinajstić information content (AvgIpc) is 1.38. The maximum Gasteiger partial charge on any atom is 0.327 e. The Morgan fingerprint density at radius 2 is 2.00 bits per heavy atom. The van der Waals surface area contributed by atoms with Crippen molar-refractivity contribution < 1.29 is 9.90 Å². The van der Waals surface area contributed by atoms with Gasteiger partial charge in [0.25, 0.3) is 0 Å². The van der Waals surface area contributed by atoms with E-state index in [4.69, 9.17) is 5.11 Å². The number of hydrogen-bond acceptors (Lipinski definition) is 1. The molecule has 0 aromatic heterocycles. The van der Waals surface area contributed by atoms with Crippen molar-refractivity contribution >= 4 is 74.9 Å². The molecular formula is C3H4CsO2. The van der Waals surface area contributed by atoms with Gasteiger partial charge in [-0.1, -0.05) is 6.58 Å². The summed E-state index contributed by atoms with van der Waals surface area (Å²) in [5.74, 6) is -0.981. The van der Waals surface area contributed by atoms with Crippen molar-refractivity contribution in [2.24, 2.45) is 0 Å². The van der Waals surface area contributed by atoms with E-state index < -0.39 is 5.97 Å². The number of carbonyl (C=O) groups is 1. The summed E-state index contributed by atoms with van der Waals surface area (Å²) >= 11 is 0. The van der Waals surface area contributed by atoms with Gasteiger partial charge in [-0.05, 0) is 0 Å². The van der Waals surface area contributed by atoms with Gasteiger partial charge in [0.2, 0.25) is 0 Å². The minimum atomic E-state index is -0.981. The van der Waals surface area contributed by atoms with Gasteiger partial charge in [-0.2, -0.15) is 0 Å². The Bertz CT molecular complexity index is 59.8. The minimum absolute atomic E-state index is 0. The Labute approximate surface area is 95.0 Å². The first-order valence-corrected chi connectivity index (χ1v) is 1.12. The largest absolute Gasteiger partial charge is 0.478 e. The molecule has 6 heavy (non-hydrogen) atoms. The van der Waals surface area contributed by atoms with Crippen LogP contribution in [0.15, 0.2) is 12.7 Å². The summed E-state index contributed by atoms with van der Waals surface area (Å²) in [5, 5.41) is 7.60. The summed E-state index contributed by atoms with van der Waals surface area (Å²) in [6, 6.07) is 0. The molecule has 1 N–H and O–H groups in total. The van der Waals surface area contributed by atoms with E-state index in [0.717, 1.165) is 6.08 Å². The maximum absolute atomic E-state index is 9.25. The zero-order valence-electron chi connectivity index (χ0n) is 3.64. The third-order valence-corrected chi connectivity index (χ3v) is 0.175. The molecular weight excluding hydrogens is 201 g/mol. The molecule has 0 aromatic carbocycles. The molecule has 0 saturated heterocycles. The number of carboxylic acids is 1. The predicted molar refractivity (Wildman–Crippen MR) is 23.6 cm³/mol. The second-order valence-corrected chi connectivity index (χ2v) is 0.542. The predicted octanol–water partition coefficient (Wildman–Crippen LogP) is -0.124. The van der Waals surface area contributed by atoms with Crippen LogP contribution in [0.5, 0.6) is 0 Å². The molecule has 0 spiro atoms. The van der Waals surface area contributed by atoms with Crippen LogP contribution in [0.2, 0.25) is 0 Å². The Hall–Kier alpha value is 1.26. The quantitative estimate of drug-likeness (QED) is 0.605. The molecule has 0 atom stereocenters. The molecule has 0 bridgehead atoms. The van der Waals surface area contributed by atoms with Crippen LogP contribution in [0.25, 0.3) is 0 Å². The Morgan fingerprint density at radius 3 is 2.00 bits per heavy atom. The van der Waals surface area contributed by atoms with Gasteiger partial charge in [0, 0.05) is 75.0 Å². The maximum atomic E-state index is 9.25. The van der Waals surface area contributed by atoms with Crippen molar-refractivity contribution in [2.45, 2.75) is 0 Å². The van der Waals surface area contributed by atoms with Crippen LogP contribution >= 0.6 is 0 Å². The van der Waals surface area contributed by atoms with Crippen LogP contribution < -0.4 is 0 Å². The van der Waals surface area contributed by atoms with Crippen LogP contribution in [0.1, 0.15) is 0 Å². The van der Waals surface area contributed by atoms with Gasteiger partial charge in [-0.25, -0.2) is 4.79 Å². The van der Waals surface area contributed by atoms with E-state index in [1.807, 2.05) is 0 Å². The number of aliphatic carboxylic acids is 1. The Kier molecular flexibility index (Phi) is 10.7. The molecule has 0 unspecified atom stereocenters. The van der Waals surface area contributed by atoms with Gasteiger partial charge in [-0.15, -0.1) is 0 Å². The van der Waals surface area contributed by atoms with E-state index in [-0.39, 0.29) is 68.9 Å². The minimum Gasteiger partial charge on any atom is -0.478 e. The third-order valence-electron chi connectivity index (χ3n) is 0.175. The summed E-state index contributed by atoms with van der Waals surface area (Å²) in [6.07, 6.45) is 0.833. The van der Waals surface area contributed by atoms with E-state index in [0.29, 0.717) is 0 Å². The van der Waals surface area contributed by atoms with Crippen LogP contribution in [0, 0.1) is 0 Å². The molecule has 29 valence electrons. The second-order valence-electron chi connectivity index (χ2n) is 0.542. The average molecular weight is 205 g/mol. The molecule has 0 amide bonds. The molecule has 0 rings (SSSR count). The van der Waals surface area contributed by atoms with E-state index in [9.17, 15) is 4.79 Å². The van der Waals surface area contributed by atoms with Crippen molar-refractivity contribution in [3.8, 4) is 0 Å². The molecule has 0 aliphatic heterocycles. The standard InChI is InChI=1S/C3H4O2.Cs/c1-2-3(4)5;/h2H,1H2,(H,4,5);. The zero-order valence-corrected chi connectivity index (χ0v) is 9.92. The summed E-state index contributed by atoms with van der Waals surface area (Å²) in [7, 11) is 0. The first-order chi connectivity index (χ1) is 2.27. The van der Waals surface area contributed by atoms with E-state index >= 15 is 0 Å². The molecule has 1 radical (unpaired) electrons. The van der Waals surface area contributed by atoms with Crippen molar-refractivity contribution in [2.75, 3.05) is 0 Å². The van der Waals surface area contributed by atoms with Crippen LogP contribution in [0.3, 0.4) is 0 Å². The zero-order chi connectivity index (χ0) is 4.28. The molecule has 3 heteroatoms. The summed E-state index contributed by atoms with van der Waals surface area (Å²) in [5.41, 5.74) is 0. The summed E-state index contributed by atoms with van der Waals surface area (Å²) < 4.78 is 0. The number of carboxylic acid groups (broad SMARTS) is 1. The topological polar surface area (TPSA) is 37.3 Å². The summed E-state index contributed by atoms with van der Waals surface area (Å²) in [6.45, 7) is 2.96. The van der Waals surface area contributed by atoms with Crippen LogP contribution in [-0.4, -0.2) is 80.0 Å². The third kappa shape index (κ3) is 8.98. The van der Waals surface area contributed by atoms with Crippen LogP contribution in [0.4, 0.5) is 0 Å². The molecule has 0 heterocycles. The Balaban J connectivity index is 0. The van der Waals surface area contributed by atoms with Gasteiger partial charge in [0.1, 0.15) is 0 Å². The van der Waals surface area contributed by atoms with Crippen molar-refractivity contribution in [3.63, 3.8) is 0 Å². The molecule has 0 fully saturated rings. The van der Waals surface area contributed by atoms with Crippen molar-refractivity contribution in [1.29, 1.82) is 0 Å². The van der Waals surface area contributed by atoms with Gasteiger partial charge >= 0.3 is 5.97 Å². The van der Waals surface area contributed by atoms with Gasteiger partial charge in [0.05, 0.1) is 0 Å². The van der Waals surface area contributed by atoms with Crippen LogP contribution in [-0.2, 0) is 4.79 Å². The van der Waals surface area contributed by atoms with Crippen molar-refractivity contribution in [3.05, 3.63) is 12.7 Å². The first-order valence-electron chi connectivity index (χ1n) is 1.12. The fourth-order valence-corrected chi connectivity index (χ4v) is 0. The molecule has 0 aliphatic rings. The van der Waals surface area contributed by atoms with Gasteiger partial charge in [0.15, 0.2) is 0 Å². The smallest absolute Gasteiger partial charge is 0.327 e. The number of hydrogen-bond donors (Lipinski definition) is 1. The normalized spacial score (nSPS) is 5.33. The molecule has 0 aromatic rings. The SMILES string of the molecule is C=CC(=O)O.[Cs]. The first kappa shape index (κ1) is 10.3. The monoisotopic (exact) mass is 205 g/mol. The number of rotatable bonds is 1. The fraction of sp³-hybridized carbons (Fsp3) is 0. The van der Waals surface area contributed by atoms with E-state index in [2.05, 4.69) is 6.58 Å². The fourth-order valence-electron chi connectivity index (χ4n) is 0. The molecule has 0 saturated carbocycles. The Morgan fingerprint density at radius 1 is 1.83 bits per heavy atom. The second kappa shape index (κ2) is 6.26. The van der Waals surface area contributed by atoms with Gasteiger partial charge in [-0.3, -0.25) is 0 Å². The van der Waals surface area contributed by atoms with E-state index in [1.54, 1.807) is 0 Å². The molecule has 2 nitrogen and oxygen atoms in total. The van der Waals surface area contributed by atoms with Gasteiger partial charge < -0.3 is 5.11 Å².